The monoisotopic (exact) mass is 467 g/mol. The number of carboxylic acids is 1. The average molecular weight is 467 g/mol. The lowest BCUT2D eigenvalue weighted by Gasteiger charge is -2.10. The molecule has 0 aliphatic carbocycles. The van der Waals surface area contributed by atoms with Gasteiger partial charge in [-0.3, -0.25) is 0 Å². The maximum Gasteiger partial charge on any atom is 0.435 e. The maximum atomic E-state index is 13.2. The molecule has 2 heterocycles. The fourth-order valence-corrected chi connectivity index (χ4v) is 2.97. The van der Waals surface area contributed by atoms with Gasteiger partial charge in [0.05, 0.1) is 23.1 Å². The van der Waals surface area contributed by atoms with Crippen LogP contribution in [0.2, 0.25) is 0 Å². The second-order valence-corrected chi connectivity index (χ2v) is 6.77. The Labute approximate surface area is 180 Å². The number of halogens is 6. The summed E-state index contributed by atoms with van der Waals surface area (Å²) in [6.45, 7) is 0. The van der Waals surface area contributed by atoms with Gasteiger partial charge in [0.1, 0.15) is 11.4 Å². The fraction of sp³-hybridized carbons (Fsp3) is 0.100. The molecule has 33 heavy (non-hydrogen) atoms. The Morgan fingerprint density at radius 1 is 0.848 bits per heavy atom. The molecular weight excluding hydrogens is 456 g/mol. The second kappa shape index (κ2) is 7.76. The normalized spacial score (nSPS) is 12.2. The highest BCUT2D eigenvalue weighted by atomic mass is 19.4. The van der Waals surface area contributed by atoms with Crippen molar-refractivity contribution in [1.82, 2.24) is 24.8 Å². The van der Waals surface area contributed by atoms with Crippen LogP contribution in [0.15, 0.2) is 60.8 Å². The van der Waals surface area contributed by atoms with E-state index >= 15 is 0 Å². The molecule has 4 rings (SSSR count). The Bertz CT molecular complexity index is 1300. The highest BCUT2D eigenvalue weighted by Crippen LogP contribution is 2.36. The van der Waals surface area contributed by atoms with Crippen molar-refractivity contribution in [1.29, 1.82) is 0 Å². The van der Waals surface area contributed by atoms with Gasteiger partial charge in [0, 0.05) is 11.6 Å². The standard InChI is InChI=1S/C20H11F6N5O2/c21-19(22,23)16-9-17(20(24,25)26)31(28-16)14-7-1-11(2-8-14)15-10-30(29-27-15)13-5-3-12(4-6-13)18(32)33/h1-10H,(H,32,33). The van der Waals surface area contributed by atoms with Gasteiger partial charge in [-0.15, -0.1) is 5.10 Å². The van der Waals surface area contributed by atoms with E-state index in [4.69, 9.17) is 5.11 Å². The summed E-state index contributed by atoms with van der Waals surface area (Å²) >= 11 is 0. The first-order valence-corrected chi connectivity index (χ1v) is 9.05. The quantitative estimate of drug-likeness (QED) is 0.434. The number of hydrogen-bond acceptors (Lipinski definition) is 4. The lowest BCUT2D eigenvalue weighted by Crippen LogP contribution is -2.13. The number of carboxylic acid groups (broad SMARTS) is 1. The number of rotatable bonds is 4. The van der Waals surface area contributed by atoms with Gasteiger partial charge in [-0.05, 0) is 36.4 Å². The van der Waals surface area contributed by atoms with Crippen LogP contribution in [0.1, 0.15) is 21.7 Å². The molecule has 4 aromatic rings. The topological polar surface area (TPSA) is 85.8 Å². The van der Waals surface area contributed by atoms with E-state index in [9.17, 15) is 31.1 Å². The predicted molar refractivity (Wildman–Crippen MR) is 101 cm³/mol. The van der Waals surface area contributed by atoms with Crippen LogP contribution in [0.5, 0.6) is 0 Å². The molecule has 0 aliphatic heterocycles. The van der Waals surface area contributed by atoms with Crippen LogP contribution in [0, 0.1) is 0 Å². The minimum atomic E-state index is -5.05. The third-order valence-corrected chi connectivity index (χ3v) is 4.57. The molecule has 0 unspecified atom stereocenters. The van der Waals surface area contributed by atoms with Gasteiger partial charge in [0.25, 0.3) is 0 Å². The first-order valence-electron chi connectivity index (χ1n) is 9.05. The zero-order valence-electron chi connectivity index (χ0n) is 16.1. The number of alkyl halides is 6. The van der Waals surface area contributed by atoms with Crippen LogP contribution in [-0.2, 0) is 12.4 Å². The van der Waals surface area contributed by atoms with E-state index in [-0.39, 0.29) is 22.0 Å². The maximum absolute atomic E-state index is 13.2. The van der Waals surface area contributed by atoms with E-state index in [0.717, 1.165) is 0 Å². The number of hydrogen-bond donors (Lipinski definition) is 1. The molecule has 0 fully saturated rings. The third kappa shape index (κ3) is 4.42. The van der Waals surface area contributed by atoms with Crippen molar-refractivity contribution < 1.29 is 36.2 Å². The third-order valence-electron chi connectivity index (χ3n) is 4.57. The van der Waals surface area contributed by atoms with E-state index in [2.05, 4.69) is 15.4 Å². The Morgan fingerprint density at radius 2 is 1.45 bits per heavy atom. The van der Waals surface area contributed by atoms with Crippen LogP contribution in [-0.4, -0.2) is 35.9 Å². The number of nitrogens with zero attached hydrogens (tertiary/aromatic N) is 5. The summed E-state index contributed by atoms with van der Waals surface area (Å²) in [5.41, 5.74) is -2.07. The summed E-state index contributed by atoms with van der Waals surface area (Å²) < 4.78 is 79.9. The van der Waals surface area contributed by atoms with Gasteiger partial charge in [0.15, 0.2) is 5.69 Å². The Balaban J connectivity index is 1.64. The molecule has 2 aromatic heterocycles. The number of benzene rings is 2. The van der Waals surface area contributed by atoms with Crippen molar-refractivity contribution in [2.24, 2.45) is 0 Å². The zero-order chi connectivity index (χ0) is 24.0. The van der Waals surface area contributed by atoms with Crippen molar-refractivity contribution in [3.05, 3.63) is 77.7 Å². The molecule has 0 saturated carbocycles. The van der Waals surface area contributed by atoms with Crippen LogP contribution in [0.4, 0.5) is 26.3 Å². The van der Waals surface area contributed by atoms with Gasteiger partial charge in [0.2, 0.25) is 0 Å². The Hall–Kier alpha value is -4.16. The molecule has 0 saturated heterocycles. The highest BCUT2D eigenvalue weighted by Gasteiger charge is 2.42. The van der Waals surface area contributed by atoms with Crippen LogP contribution in [0.25, 0.3) is 22.6 Å². The molecule has 170 valence electrons. The zero-order valence-corrected chi connectivity index (χ0v) is 16.1. The molecular formula is C20H11F6N5O2. The number of carbonyl (C=O) groups is 1. The summed E-state index contributed by atoms with van der Waals surface area (Å²) in [4.78, 5) is 10.9. The smallest absolute Gasteiger partial charge is 0.435 e. The summed E-state index contributed by atoms with van der Waals surface area (Å²) in [5, 5.41) is 19.9. The van der Waals surface area contributed by atoms with Gasteiger partial charge in [-0.1, -0.05) is 17.3 Å². The lowest BCUT2D eigenvalue weighted by atomic mass is 10.1. The van der Waals surface area contributed by atoms with Crippen molar-refractivity contribution in [3.8, 4) is 22.6 Å². The van der Waals surface area contributed by atoms with Gasteiger partial charge in [-0.2, -0.15) is 31.4 Å². The van der Waals surface area contributed by atoms with E-state index in [1.165, 1.54) is 59.4 Å². The molecule has 0 spiro atoms. The van der Waals surface area contributed by atoms with E-state index in [0.29, 0.717) is 16.9 Å². The van der Waals surface area contributed by atoms with E-state index in [1.54, 1.807) is 0 Å². The first kappa shape index (κ1) is 22.0. The fourth-order valence-electron chi connectivity index (χ4n) is 2.97. The summed E-state index contributed by atoms with van der Waals surface area (Å²) in [6.07, 6.45) is -8.58. The molecule has 7 nitrogen and oxygen atoms in total. The van der Waals surface area contributed by atoms with Gasteiger partial charge >= 0.3 is 18.3 Å². The SMILES string of the molecule is O=C(O)c1ccc(-n2cc(-c3ccc(-n4nc(C(F)(F)F)cc4C(F)(F)F)cc3)nn2)cc1. The summed E-state index contributed by atoms with van der Waals surface area (Å²) in [5.74, 6) is -1.09. The lowest BCUT2D eigenvalue weighted by molar-refractivity contribution is -0.143. The molecule has 0 amide bonds. The van der Waals surface area contributed by atoms with Crippen molar-refractivity contribution >= 4 is 5.97 Å². The summed E-state index contributed by atoms with van der Waals surface area (Å²) in [6, 6.07) is 10.8. The van der Waals surface area contributed by atoms with Gasteiger partial charge in [-0.25, -0.2) is 14.2 Å². The Morgan fingerprint density at radius 3 is 2.00 bits per heavy atom. The van der Waals surface area contributed by atoms with Crippen molar-refractivity contribution in [2.75, 3.05) is 0 Å². The predicted octanol–water partition coefficient (Wildman–Crippen LogP) is 4.86. The molecule has 0 radical (unpaired) electrons. The first-order chi connectivity index (χ1) is 15.4. The number of aromatic nitrogens is 5. The largest absolute Gasteiger partial charge is 0.478 e. The molecule has 0 aliphatic rings. The second-order valence-electron chi connectivity index (χ2n) is 6.77. The highest BCUT2D eigenvalue weighted by molar-refractivity contribution is 5.87. The van der Waals surface area contributed by atoms with Crippen LogP contribution in [0.3, 0.4) is 0 Å². The molecule has 0 bridgehead atoms. The van der Waals surface area contributed by atoms with Gasteiger partial charge < -0.3 is 5.11 Å². The minimum Gasteiger partial charge on any atom is -0.478 e. The van der Waals surface area contributed by atoms with E-state index in [1.807, 2.05) is 0 Å². The number of aromatic carboxylic acids is 1. The van der Waals surface area contributed by atoms with Crippen LogP contribution >= 0.6 is 0 Å². The van der Waals surface area contributed by atoms with E-state index < -0.39 is 29.7 Å². The van der Waals surface area contributed by atoms with Crippen LogP contribution < -0.4 is 0 Å². The Kier molecular flexibility index (Phi) is 5.18. The molecule has 13 heteroatoms. The molecule has 1 N–H and O–H groups in total. The van der Waals surface area contributed by atoms with Crippen molar-refractivity contribution in [2.45, 2.75) is 12.4 Å². The molecule has 0 atom stereocenters. The molecule has 2 aromatic carbocycles. The average Bonchev–Trinajstić information content (AvgIpc) is 3.41. The summed E-state index contributed by atoms with van der Waals surface area (Å²) in [7, 11) is 0. The minimum absolute atomic E-state index is 0.0465. The van der Waals surface area contributed by atoms with Crippen molar-refractivity contribution in [3.63, 3.8) is 0 Å².